The Morgan fingerprint density at radius 2 is 1.50 bits per heavy atom. The molecule has 0 saturated carbocycles. The Bertz CT molecular complexity index is 940. The van der Waals surface area contributed by atoms with Gasteiger partial charge in [-0.1, -0.05) is 66.2 Å². The number of carboxylic acid groups (broad SMARTS) is 1. The highest BCUT2D eigenvalue weighted by molar-refractivity contribution is 7.99. The summed E-state index contributed by atoms with van der Waals surface area (Å²) in [5.74, 6) is -0.729. The molecule has 3 aromatic rings. The van der Waals surface area contributed by atoms with Crippen LogP contribution in [0.5, 0.6) is 0 Å². The molecule has 0 fully saturated rings. The lowest BCUT2D eigenvalue weighted by atomic mass is 9.79. The quantitative estimate of drug-likeness (QED) is 0.381. The first-order valence-electron chi connectivity index (χ1n) is 8.76. The molecule has 1 N–H and O–H groups in total. The van der Waals surface area contributed by atoms with E-state index in [1.54, 1.807) is 12.1 Å². The van der Waals surface area contributed by atoms with Crippen LogP contribution in [-0.2, 0) is 15.0 Å². The minimum absolute atomic E-state index is 0.0809. The van der Waals surface area contributed by atoms with E-state index in [1.807, 2.05) is 66.7 Å². The van der Waals surface area contributed by atoms with Crippen LogP contribution in [0.1, 0.15) is 12.0 Å². The third-order valence-corrected chi connectivity index (χ3v) is 6.18. The number of rotatable bonds is 8. The minimum atomic E-state index is -1.28. The normalized spacial score (nSPS) is 12.9. The van der Waals surface area contributed by atoms with E-state index >= 15 is 0 Å². The van der Waals surface area contributed by atoms with Crippen LogP contribution in [0.15, 0.2) is 83.8 Å². The molecule has 0 aliphatic heterocycles. The molecule has 0 saturated heterocycles. The molecule has 0 amide bonds. The lowest BCUT2D eigenvalue weighted by Crippen LogP contribution is -2.39. The van der Waals surface area contributed by atoms with Crippen molar-refractivity contribution < 1.29 is 14.7 Å². The van der Waals surface area contributed by atoms with Crippen molar-refractivity contribution in [2.45, 2.75) is 16.7 Å². The van der Waals surface area contributed by atoms with E-state index in [0.29, 0.717) is 16.9 Å². The summed E-state index contributed by atoms with van der Waals surface area (Å²) in [4.78, 5) is 24.6. The van der Waals surface area contributed by atoms with Crippen molar-refractivity contribution >= 4 is 35.6 Å². The topological polar surface area (TPSA) is 54.4 Å². The maximum absolute atomic E-state index is 12.2. The number of thioether (sulfide) groups is 1. The summed E-state index contributed by atoms with van der Waals surface area (Å²) in [5, 5.41) is 10.7. The standard InChI is InChI=1S/C23H19ClO3S/c24-20-12-8-18(9-13-20)17-6-10-19(11-7-17)23(14-15-25,22(26)27)16-28-21-4-2-1-3-5-21/h1-13,15H,14,16H2,(H,26,27). The van der Waals surface area contributed by atoms with Crippen molar-refractivity contribution in [2.24, 2.45) is 0 Å². The van der Waals surface area contributed by atoms with Crippen molar-refractivity contribution in [3.05, 3.63) is 89.4 Å². The molecule has 5 heteroatoms. The summed E-state index contributed by atoms with van der Waals surface area (Å²) < 4.78 is 0. The fraction of sp³-hybridized carbons (Fsp3) is 0.130. The first-order chi connectivity index (χ1) is 13.5. The summed E-state index contributed by atoms with van der Waals surface area (Å²) in [6.45, 7) is 0. The average molecular weight is 411 g/mol. The number of hydrogen-bond acceptors (Lipinski definition) is 3. The monoisotopic (exact) mass is 410 g/mol. The van der Waals surface area contributed by atoms with Gasteiger partial charge in [0.1, 0.15) is 11.7 Å². The number of benzene rings is 3. The average Bonchev–Trinajstić information content (AvgIpc) is 2.72. The Morgan fingerprint density at radius 3 is 2.04 bits per heavy atom. The molecule has 0 heterocycles. The Labute approximate surface area is 173 Å². The van der Waals surface area contributed by atoms with Crippen molar-refractivity contribution in [3.8, 4) is 11.1 Å². The molecular formula is C23H19ClO3S. The molecule has 28 heavy (non-hydrogen) atoms. The third kappa shape index (κ3) is 4.46. The summed E-state index contributed by atoms with van der Waals surface area (Å²) in [6.07, 6.45) is 0.606. The second kappa shape index (κ2) is 9.09. The molecule has 1 unspecified atom stereocenters. The lowest BCUT2D eigenvalue weighted by Gasteiger charge is -2.28. The van der Waals surface area contributed by atoms with Gasteiger partial charge in [-0.25, -0.2) is 0 Å². The zero-order valence-corrected chi connectivity index (χ0v) is 16.6. The second-order valence-electron chi connectivity index (χ2n) is 6.44. The van der Waals surface area contributed by atoms with E-state index in [1.165, 1.54) is 11.8 Å². The smallest absolute Gasteiger partial charge is 0.315 e. The Balaban J connectivity index is 1.92. The third-order valence-electron chi connectivity index (χ3n) is 4.68. The first kappa shape index (κ1) is 20.2. The molecule has 3 rings (SSSR count). The molecular weight excluding hydrogens is 392 g/mol. The van der Waals surface area contributed by atoms with Gasteiger partial charge in [-0.05, 0) is 41.0 Å². The highest BCUT2D eigenvalue weighted by atomic mass is 35.5. The van der Waals surface area contributed by atoms with Crippen molar-refractivity contribution in [1.29, 1.82) is 0 Å². The summed E-state index contributed by atoms with van der Waals surface area (Å²) in [7, 11) is 0. The van der Waals surface area contributed by atoms with Crippen LogP contribution >= 0.6 is 23.4 Å². The number of carbonyl (C=O) groups is 2. The second-order valence-corrected chi connectivity index (χ2v) is 7.93. The summed E-state index contributed by atoms with van der Waals surface area (Å²) >= 11 is 7.38. The number of halogens is 1. The van der Waals surface area contributed by atoms with Crippen LogP contribution in [0.25, 0.3) is 11.1 Å². The van der Waals surface area contributed by atoms with Gasteiger partial charge < -0.3 is 9.90 Å². The number of carboxylic acids is 1. The Hall–Kier alpha value is -2.56. The molecule has 0 bridgehead atoms. The highest BCUT2D eigenvalue weighted by Gasteiger charge is 2.40. The lowest BCUT2D eigenvalue weighted by molar-refractivity contribution is -0.144. The largest absolute Gasteiger partial charge is 0.481 e. The predicted molar refractivity (Wildman–Crippen MR) is 114 cm³/mol. The maximum Gasteiger partial charge on any atom is 0.315 e. The Kier molecular flexibility index (Phi) is 6.55. The maximum atomic E-state index is 12.2. The van der Waals surface area contributed by atoms with Gasteiger partial charge in [0.2, 0.25) is 0 Å². The molecule has 0 aliphatic carbocycles. The van der Waals surface area contributed by atoms with Gasteiger partial charge in [0, 0.05) is 22.1 Å². The van der Waals surface area contributed by atoms with E-state index in [2.05, 4.69) is 0 Å². The molecule has 0 radical (unpaired) electrons. The van der Waals surface area contributed by atoms with Crippen LogP contribution in [0.2, 0.25) is 5.02 Å². The van der Waals surface area contributed by atoms with E-state index in [0.717, 1.165) is 16.0 Å². The number of hydrogen-bond donors (Lipinski definition) is 1. The molecule has 1 atom stereocenters. The van der Waals surface area contributed by atoms with Gasteiger partial charge in [0.05, 0.1) is 0 Å². The van der Waals surface area contributed by atoms with E-state index < -0.39 is 11.4 Å². The predicted octanol–water partition coefficient (Wildman–Crippen LogP) is 5.71. The number of carbonyl (C=O) groups excluding carboxylic acids is 1. The Morgan fingerprint density at radius 1 is 0.929 bits per heavy atom. The van der Waals surface area contributed by atoms with Gasteiger partial charge >= 0.3 is 5.97 Å². The number of aldehydes is 1. The van der Waals surface area contributed by atoms with Gasteiger partial charge in [0.25, 0.3) is 0 Å². The van der Waals surface area contributed by atoms with Crippen LogP contribution < -0.4 is 0 Å². The zero-order valence-electron chi connectivity index (χ0n) is 15.0. The van der Waals surface area contributed by atoms with Crippen LogP contribution in [0.3, 0.4) is 0 Å². The summed E-state index contributed by atoms with van der Waals surface area (Å²) in [6, 6.07) is 24.4. The first-order valence-corrected chi connectivity index (χ1v) is 10.1. The molecule has 3 nitrogen and oxygen atoms in total. The molecule has 142 valence electrons. The SMILES string of the molecule is O=CCC(CSc1ccccc1)(C(=O)O)c1ccc(-c2ccc(Cl)cc2)cc1. The minimum Gasteiger partial charge on any atom is -0.481 e. The number of aliphatic carboxylic acids is 1. The van der Waals surface area contributed by atoms with E-state index in [4.69, 9.17) is 11.6 Å². The molecule has 0 aliphatic rings. The van der Waals surface area contributed by atoms with Gasteiger partial charge in [-0.15, -0.1) is 11.8 Å². The molecule has 0 aromatic heterocycles. The van der Waals surface area contributed by atoms with Crippen molar-refractivity contribution in [1.82, 2.24) is 0 Å². The van der Waals surface area contributed by atoms with Gasteiger partial charge in [0.15, 0.2) is 0 Å². The molecule has 3 aromatic carbocycles. The van der Waals surface area contributed by atoms with E-state index in [-0.39, 0.29) is 12.2 Å². The van der Waals surface area contributed by atoms with Gasteiger partial charge in [-0.3, -0.25) is 4.79 Å². The highest BCUT2D eigenvalue weighted by Crippen LogP contribution is 2.36. The summed E-state index contributed by atoms with van der Waals surface area (Å²) in [5.41, 5.74) is 1.29. The fourth-order valence-electron chi connectivity index (χ4n) is 3.02. The zero-order chi connectivity index (χ0) is 20.0. The van der Waals surface area contributed by atoms with Crippen LogP contribution in [0, 0.1) is 0 Å². The van der Waals surface area contributed by atoms with Crippen molar-refractivity contribution in [2.75, 3.05) is 5.75 Å². The van der Waals surface area contributed by atoms with Gasteiger partial charge in [-0.2, -0.15) is 0 Å². The van der Waals surface area contributed by atoms with Crippen molar-refractivity contribution in [3.63, 3.8) is 0 Å². The van der Waals surface area contributed by atoms with Crippen LogP contribution in [0.4, 0.5) is 0 Å². The van der Waals surface area contributed by atoms with E-state index in [9.17, 15) is 14.7 Å². The molecule has 0 spiro atoms. The fourth-order valence-corrected chi connectivity index (χ4v) is 4.32. The van der Waals surface area contributed by atoms with Crippen LogP contribution in [-0.4, -0.2) is 23.1 Å².